The van der Waals surface area contributed by atoms with Crippen LogP contribution < -0.4 is 15.2 Å². The molecule has 0 amide bonds. The molecule has 7 heteroatoms. The summed E-state index contributed by atoms with van der Waals surface area (Å²) >= 11 is 0. The van der Waals surface area contributed by atoms with Gasteiger partial charge in [0.25, 0.3) is 10.0 Å². The maximum atomic E-state index is 11.2. The number of sulfonamides is 1. The molecule has 16 heavy (non-hydrogen) atoms. The Morgan fingerprint density at radius 2 is 2.25 bits per heavy atom. The van der Waals surface area contributed by atoms with Crippen molar-refractivity contribution in [1.29, 1.82) is 0 Å². The van der Waals surface area contributed by atoms with Crippen molar-refractivity contribution >= 4 is 15.7 Å². The molecule has 1 aromatic heterocycles. The summed E-state index contributed by atoms with van der Waals surface area (Å²) in [6.07, 6.45) is 3.68. The molecule has 1 aliphatic rings. The molecule has 2 rings (SSSR count). The van der Waals surface area contributed by atoms with E-state index in [0.29, 0.717) is 11.4 Å². The number of anilines is 1. The molecule has 6 nitrogen and oxygen atoms in total. The van der Waals surface area contributed by atoms with Crippen LogP contribution >= 0.6 is 0 Å². The van der Waals surface area contributed by atoms with Crippen LogP contribution in [0, 0.1) is 0 Å². The van der Waals surface area contributed by atoms with Crippen LogP contribution in [-0.2, 0) is 10.0 Å². The number of ether oxygens (including phenoxy) is 1. The summed E-state index contributed by atoms with van der Waals surface area (Å²) in [6, 6.07) is 1.59. The Bertz CT molecular complexity index is 497. The Kier molecular flexibility index (Phi) is 2.73. The van der Waals surface area contributed by atoms with Crippen LogP contribution in [0.25, 0.3) is 0 Å². The van der Waals surface area contributed by atoms with E-state index in [1.165, 1.54) is 6.20 Å². The van der Waals surface area contributed by atoms with Gasteiger partial charge in [-0.3, -0.25) is 0 Å². The Morgan fingerprint density at radius 1 is 1.56 bits per heavy atom. The van der Waals surface area contributed by atoms with Crippen molar-refractivity contribution in [2.75, 3.05) is 12.4 Å². The SMILES string of the molecule is CNc1cc(OC2CC2)cnc1S(N)(=O)=O. The van der Waals surface area contributed by atoms with Crippen molar-refractivity contribution in [2.24, 2.45) is 5.14 Å². The quantitative estimate of drug-likeness (QED) is 0.793. The lowest BCUT2D eigenvalue weighted by molar-refractivity contribution is 0.302. The maximum Gasteiger partial charge on any atom is 0.257 e. The number of nitrogens with two attached hydrogens (primary N) is 1. The number of hydrogen-bond donors (Lipinski definition) is 2. The predicted octanol–water partition coefficient (Wildman–Crippen LogP) is 0.312. The normalized spacial score (nSPS) is 15.9. The molecular weight excluding hydrogens is 230 g/mol. The summed E-state index contributed by atoms with van der Waals surface area (Å²) in [6.45, 7) is 0. The van der Waals surface area contributed by atoms with E-state index >= 15 is 0 Å². The highest BCUT2D eigenvalue weighted by Crippen LogP contribution is 2.29. The van der Waals surface area contributed by atoms with Crippen LogP contribution in [-0.4, -0.2) is 26.6 Å². The van der Waals surface area contributed by atoms with Gasteiger partial charge in [0.1, 0.15) is 5.75 Å². The van der Waals surface area contributed by atoms with Gasteiger partial charge in [0.05, 0.1) is 18.0 Å². The summed E-state index contributed by atoms with van der Waals surface area (Å²) < 4.78 is 27.9. The Labute approximate surface area is 93.9 Å². The second-order valence-electron chi connectivity index (χ2n) is 3.64. The molecule has 1 saturated carbocycles. The molecule has 0 bridgehead atoms. The van der Waals surface area contributed by atoms with E-state index in [9.17, 15) is 8.42 Å². The van der Waals surface area contributed by atoms with Crippen molar-refractivity contribution in [1.82, 2.24) is 4.98 Å². The molecule has 0 aromatic carbocycles. The average molecular weight is 243 g/mol. The van der Waals surface area contributed by atoms with Crippen molar-refractivity contribution in [3.8, 4) is 5.75 Å². The molecular formula is C9H13N3O3S. The van der Waals surface area contributed by atoms with E-state index in [0.717, 1.165) is 12.8 Å². The van der Waals surface area contributed by atoms with Gasteiger partial charge >= 0.3 is 0 Å². The zero-order valence-electron chi connectivity index (χ0n) is 8.80. The van der Waals surface area contributed by atoms with Gasteiger partial charge in [0.15, 0.2) is 5.03 Å². The summed E-state index contributed by atoms with van der Waals surface area (Å²) in [5.74, 6) is 0.555. The molecule has 0 radical (unpaired) electrons. The number of primary sulfonamides is 1. The molecule has 0 atom stereocenters. The van der Waals surface area contributed by atoms with E-state index in [1.807, 2.05) is 0 Å². The smallest absolute Gasteiger partial charge is 0.257 e. The zero-order chi connectivity index (χ0) is 11.8. The van der Waals surface area contributed by atoms with Gasteiger partial charge in [-0.25, -0.2) is 18.5 Å². The monoisotopic (exact) mass is 243 g/mol. The topological polar surface area (TPSA) is 94.3 Å². The molecule has 1 heterocycles. The Hall–Kier alpha value is -1.34. The fourth-order valence-electron chi connectivity index (χ4n) is 1.28. The van der Waals surface area contributed by atoms with E-state index in [2.05, 4.69) is 10.3 Å². The Balaban J connectivity index is 2.34. The minimum absolute atomic E-state index is 0.168. The highest BCUT2D eigenvalue weighted by Gasteiger charge is 2.24. The van der Waals surface area contributed by atoms with Crippen molar-refractivity contribution in [2.45, 2.75) is 24.0 Å². The fraction of sp³-hybridized carbons (Fsp3) is 0.444. The second-order valence-corrected chi connectivity index (χ2v) is 5.11. The zero-order valence-corrected chi connectivity index (χ0v) is 9.62. The number of nitrogens with zero attached hydrogens (tertiary/aromatic N) is 1. The fourth-order valence-corrected chi connectivity index (χ4v) is 1.95. The van der Waals surface area contributed by atoms with Gasteiger partial charge in [-0.05, 0) is 12.8 Å². The van der Waals surface area contributed by atoms with E-state index in [1.54, 1.807) is 13.1 Å². The average Bonchev–Trinajstić information content (AvgIpc) is 3.00. The van der Waals surface area contributed by atoms with Crippen LogP contribution in [0.5, 0.6) is 5.75 Å². The third kappa shape index (κ3) is 2.42. The molecule has 1 aromatic rings. The number of pyridine rings is 1. The van der Waals surface area contributed by atoms with Crippen molar-refractivity contribution < 1.29 is 13.2 Å². The van der Waals surface area contributed by atoms with E-state index < -0.39 is 10.0 Å². The lowest BCUT2D eigenvalue weighted by atomic mass is 10.4. The van der Waals surface area contributed by atoms with E-state index in [4.69, 9.17) is 9.88 Å². The van der Waals surface area contributed by atoms with Gasteiger partial charge in [0.2, 0.25) is 0 Å². The van der Waals surface area contributed by atoms with Gasteiger partial charge in [0, 0.05) is 13.1 Å². The molecule has 0 aliphatic heterocycles. The number of nitrogens with one attached hydrogen (secondary N) is 1. The minimum atomic E-state index is -3.80. The van der Waals surface area contributed by atoms with Crippen molar-refractivity contribution in [3.63, 3.8) is 0 Å². The summed E-state index contributed by atoms with van der Waals surface area (Å²) in [5.41, 5.74) is 0.348. The van der Waals surface area contributed by atoms with Gasteiger partial charge in [-0.2, -0.15) is 0 Å². The largest absolute Gasteiger partial charge is 0.489 e. The summed E-state index contributed by atoms with van der Waals surface area (Å²) in [4.78, 5) is 3.80. The first-order valence-electron chi connectivity index (χ1n) is 4.88. The number of hydrogen-bond acceptors (Lipinski definition) is 5. The third-order valence-electron chi connectivity index (χ3n) is 2.19. The van der Waals surface area contributed by atoms with Crippen LogP contribution in [0.4, 0.5) is 5.69 Å². The van der Waals surface area contributed by atoms with Gasteiger partial charge in [-0.15, -0.1) is 0 Å². The van der Waals surface area contributed by atoms with E-state index in [-0.39, 0.29) is 11.1 Å². The van der Waals surface area contributed by atoms with Gasteiger partial charge in [-0.1, -0.05) is 0 Å². The first-order valence-corrected chi connectivity index (χ1v) is 6.42. The lowest BCUT2D eigenvalue weighted by Crippen LogP contribution is -2.16. The van der Waals surface area contributed by atoms with Crippen molar-refractivity contribution in [3.05, 3.63) is 12.3 Å². The lowest BCUT2D eigenvalue weighted by Gasteiger charge is -2.09. The highest BCUT2D eigenvalue weighted by atomic mass is 32.2. The Morgan fingerprint density at radius 3 is 2.75 bits per heavy atom. The first kappa shape index (κ1) is 11.2. The third-order valence-corrected chi connectivity index (χ3v) is 3.06. The number of rotatable bonds is 4. The molecule has 0 spiro atoms. The van der Waals surface area contributed by atoms with Crippen LogP contribution in [0.15, 0.2) is 17.3 Å². The highest BCUT2D eigenvalue weighted by molar-refractivity contribution is 7.89. The van der Waals surface area contributed by atoms with Crippen LogP contribution in [0.1, 0.15) is 12.8 Å². The molecule has 0 unspecified atom stereocenters. The summed E-state index contributed by atoms with van der Waals surface area (Å²) in [5, 5.41) is 7.59. The van der Waals surface area contributed by atoms with Crippen LogP contribution in [0.2, 0.25) is 0 Å². The first-order chi connectivity index (χ1) is 7.50. The minimum Gasteiger partial charge on any atom is -0.489 e. The molecule has 1 aliphatic carbocycles. The molecule has 88 valence electrons. The standard InChI is InChI=1S/C9H13N3O3S/c1-11-8-4-7(15-6-2-3-6)5-12-9(8)16(10,13)14/h4-6,11H,2-3H2,1H3,(H2,10,13,14). The summed E-state index contributed by atoms with van der Waals surface area (Å²) in [7, 11) is -2.20. The van der Waals surface area contributed by atoms with Gasteiger partial charge < -0.3 is 10.1 Å². The molecule has 3 N–H and O–H groups in total. The second kappa shape index (κ2) is 3.91. The number of aromatic nitrogens is 1. The van der Waals surface area contributed by atoms with Crippen LogP contribution in [0.3, 0.4) is 0 Å². The predicted molar refractivity (Wildman–Crippen MR) is 58.8 cm³/mol. The maximum absolute atomic E-state index is 11.2. The molecule has 1 fully saturated rings. The molecule has 0 saturated heterocycles.